The van der Waals surface area contributed by atoms with Gasteiger partial charge in [0.25, 0.3) is 0 Å². The minimum absolute atomic E-state index is 0.0867. The molecule has 5 rings (SSSR count). The van der Waals surface area contributed by atoms with Crippen LogP contribution >= 0.6 is 0 Å². The first-order valence-electron chi connectivity index (χ1n) is 12.4. The summed E-state index contributed by atoms with van der Waals surface area (Å²) < 4.78 is 50.8. The van der Waals surface area contributed by atoms with Gasteiger partial charge < -0.3 is 19.8 Å². The maximum atomic E-state index is 14.7. The van der Waals surface area contributed by atoms with Crippen molar-refractivity contribution in [3.8, 4) is 11.4 Å². The molecule has 2 aliphatic heterocycles. The molecule has 12 heteroatoms. The van der Waals surface area contributed by atoms with Crippen LogP contribution in [0.3, 0.4) is 0 Å². The van der Waals surface area contributed by atoms with E-state index in [1.165, 1.54) is 6.26 Å². The van der Waals surface area contributed by atoms with Crippen molar-refractivity contribution in [2.45, 2.75) is 43.2 Å². The molecule has 2 saturated heterocycles. The third kappa shape index (κ3) is 6.15. The molecule has 0 bridgehead atoms. The van der Waals surface area contributed by atoms with E-state index in [0.717, 1.165) is 38.0 Å². The molecule has 1 aromatic carbocycles. The Morgan fingerprint density at radius 3 is 2.76 bits per heavy atom. The van der Waals surface area contributed by atoms with Crippen LogP contribution in [0.2, 0.25) is 0 Å². The normalized spacial score (nSPS) is 21.2. The number of hydrogen-bond acceptors (Lipinski definition) is 9. The van der Waals surface area contributed by atoms with Gasteiger partial charge in [-0.15, -0.1) is 0 Å². The van der Waals surface area contributed by atoms with E-state index in [1.807, 2.05) is 6.92 Å². The van der Waals surface area contributed by atoms with Crippen molar-refractivity contribution in [1.82, 2.24) is 24.8 Å². The third-order valence-corrected chi connectivity index (χ3v) is 7.87. The number of aromatic amines is 1. The maximum Gasteiger partial charge on any atom is 0.227 e. The van der Waals surface area contributed by atoms with E-state index in [1.54, 1.807) is 24.4 Å². The van der Waals surface area contributed by atoms with Gasteiger partial charge in [0.05, 0.1) is 42.3 Å². The molecule has 4 heterocycles. The van der Waals surface area contributed by atoms with Crippen LogP contribution in [-0.2, 0) is 25.9 Å². The van der Waals surface area contributed by atoms with Crippen LogP contribution in [0.25, 0.3) is 11.4 Å². The average Bonchev–Trinajstić information content (AvgIpc) is 3.36. The number of anilines is 2. The quantitative estimate of drug-likeness (QED) is 0.474. The smallest absolute Gasteiger partial charge is 0.227 e. The predicted octanol–water partition coefficient (Wildman–Crippen LogP) is 3.27. The zero-order chi connectivity index (χ0) is 26.0. The summed E-state index contributed by atoms with van der Waals surface area (Å²) in [4.78, 5) is 18.5. The highest BCUT2D eigenvalue weighted by molar-refractivity contribution is 7.90. The topological polar surface area (TPSA) is 122 Å². The number of morpholine rings is 1. The zero-order valence-corrected chi connectivity index (χ0v) is 21.7. The second-order valence-electron chi connectivity index (χ2n) is 9.58. The first kappa shape index (κ1) is 25.7. The lowest BCUT2D eigenvalue weighted by Crippen LogP contribution is -2.36. The minimum atomic E-state index is -3.49. The Labute approximate surface area is 215 Å². The van der Waals surface area contributed by atoms with Crippen molar-refractivity contribution in [3.05, 3.63) is 47.8 Å². The summed E-state index contributed by atoms with van der Waals surface area (Å²) in [6, 6.07) is 5.13. The molecular weight excluding hydrogens is 499 g/mol. The Balaban J connectivity index is 1.37. The van der Waals surface area contributed by atoms with Gasteiger partial charge >= 0.3 is 0 Å². The standard InChI is InChI=1S/C25H31FN6O4S/c1-16-11-17(5-8-36-16)24-27-14-21(30-24)23-20(26)13-28-25(31-23)29-19-4-3-18(22(12-19)37(2,33)34)15-32-6-9-35-10-7-32/h3-4,12-14,16-17H,5-11,15H2,1-2H3,(H,27,30)(H,28,29,31). The van der Waals surface area contributed by atoms with Crippen LogP contribution in [0, 0.1) is 5.82 Å². The van der Waals surface area contributed by atoms with Gasteiger partial charge in [0, 0.05) is 44.1 Å². The molecule has 198 valence electrons. The summed E-state index contributed by atoms with van der Waals surface area (Å²) in [7, 11) is -3.49. The van der Waals surface area contributed by atoms with Gasteiger partial charge in [-0.1, -0.05) is 6.07 Å². The number of ether oxygens (including phenoxy) is 2. The molecule has 2 atom stereocenters. The molecule has 2 aromatic heterocycles. The summed E-state index contributed by atoms with van der Waals surface area (Å²) >= 11 is 0. The van der Waals surface area contributed by atoms with E-state index < -0.39 is 15.7 Å². The Bertz CT molecular complexity index is 1360. The number of sulfone groups is 1. The highest BCUT2D eigenvalue weighted by Gasteiger charge is 2.24. The number of rotatable bonds is 7. The van der Waals surface area contributed by atoms with Gasteiger partial charge in [0.15, 0.2) is 15.7 Å². The van der Waals surface area contributed by atoms with Crippen LogP contribution in [0.15, 0.2) is 35.5 Å². The van der Waals surface area contributed by atoms with Gasteiger partial charge in [-0.05, 0) is 37.5 Å². The number of nitrogens with zero attached hydrogens (tertiary/aromatic N) is 4. The molecule has 2 fully saturated rings. The van der Waals surface area contributed by atoms with Crippen molar-refractivity contribution in [2.24, 2.45) is 0 Å². The lowest BCUT2D eigenvalue weighted by atomic mass is 9.96. The zero-order valence-electron chi connectivity index (χ0n) is 20.9. The summed E-state index contributed by atoms with van der Waals surface area (Å²) in [6.45, 7) is 5.96. The number of H-pyrrole nitrogens is 1. The van der Waals surface area contributed by atoms with Crippen LogP contribution in [-0.4, -0.2) is 78.5 Å². The van der Waals surface area contributed by atoms with Crippen LogP contribution < -0.4 is 5.32 Å². The van der Waals surface area contributed by atoms with Gasteiger partial charge in [-0.3, -0.25) is 4.90 Å². The first-order chi connectivity index (χ1) is 17.8. The molecule has 2 aliphatic rings. The predicted molar refractivity (Wildman–Crippen MR) is 136 cm³/mol. The molecule has 37 heavy (non-hydrogen) atoms. The van der Waals surface area contributed by atoms with Crippen LogP contribution in [0.4, 0.5) is 16.0 Å². The molecule has 10 nitrogen and oxygen atoms in total. The molecule has 2 unspecified atom stereocenters. The summed E-state index contributed by atoms with van der Waals surface area (Å²) in [5, 5.41) is 3.02. The minimum Gasteiger partial charge on any atom is -0.379 e. The van der Waals surface area contributed by atoms with E-state index in [4.69, 9.17) is 9.47 Å². The van der Waals surface area contributed by atoms with E-state index in [-0.39, 0.29) is 28.6 Å². The molecule has 0 spiro atoms. The highest BCUT2D eigenvalue weighted by Crippen LogP contribution is 2.30. The fraction of sp³-hybridized carbons (Fsp3) is 0.480. The molecule has 3 aromatic rings. The van der Waals surface area contributed by atoms with Gasteiger partial charge in [0.1, 0.15) is 11.5 Å². The first-order valence-corrected chi connectivity index (χ1v) is 14.2. The Kier molecular flexibility index (Phi) is 7.52. The van der Waals surface area contributed by atoms with Gasteiger partial charge in [-0.25, -0.2) is 27.8 Å². The van der Waals surface area contributed by atoms with Crippen LogP contribution in [0.1, 0.15) is 37.1 Å². The molecule has 0 saturated carbocycles. The number of halogens is 1. The SMILES string of the molecule is CC1CC(c2ncc(-c3nc(Nc4ccc(CN5CCOCC5)c(S(C)(=O)=O)c4)ncc3F)[nH]2)CCO1. The van der Waals surface area contributed by atoms with Crippen molar-refractivity contribution in [1.29, 1.82) is 0 Å². The van der Waals surface area contributed by atoms with Crippen molar-refractivity contribution in [3.63, 3.8) is 0 Å². The second kappa shape index (κ2) is 10.8. The number of imidazole rings is 1. The average molecular weight is 531 g/mol. The maximum absolute atomic E-state index is 14.7. The van der Waals surface area contributed by atoms with Crippen molar-refractivity contribution >= 4 is 21.5 Å². The largest absolute Gasteiger partial charge is 0.379 e. The highest BCUT2D eigenvalue weighted by atomic mass is 32.2. The summed E-state index contributed by atoms with van der Waals surface area (Å²) in [5.74, 6) is 0.558. The van der Waals surface area contributed by atoms with Crippen molar-refractivity contribution in [2.75, 3.05) is 44.5 Å². The number of aromatic nitrogens is 4. The molecule has 0 radical (unpaired) electrons. The Morgan fingerprint density at radius 2 is 2.00 bits per heavy atom. The van der Waals surface area contributed by atoms with E-state index in [2.05, 4.69) is 30.2 Å². The second-order valence-corrected chi connectivity index (χ2v) is 11.6. The Hall–Kier alpha value is -2.93. The third-order valence-electron chi connectivity index (χ3n) is 6.69. The number of benzene rings is 1. The Morgan fingerprint density at radius 1 is 1.19 bits per heavy atom. The fourth-order valence-corrected chi connectivity index (χ4v) is 5.71. The summed E-state index contributed by atoms with van der Waals surface area (Å²) in [5.41, 5.74) is 1.74. The molecule has 0 aliphatic carbocycles. The van der Waals surface area contributed by atoms with Gasteiger partial charge in [0.2, 0.25) is 5.95 Å². The molecular formula is C25H31FN6O4S. The molecule has 2 N–H and O–H groups in total. The lowest BCUT2D eigenvalue weighted by molar-refractivity contribution is 0.0174. The number of hydrogen-bond donors (Lipinski definition) is 2. The van der Waals surface area contributed by atoms with E-state index in [9.17, 15) is 12.8 Å². The van der Waals surface area contributed by atoms with E-state index >= 15 is 0 Å². The fourth-order valence-electron chi connectivity index (χ4n) is 4.76. The molecule has 0 amide bonds. The van der Waals surface area contributed by atoms with Crippen LogP contribution in [0.5, 0.6) is 0 Å². The lowest BCUT2D eigenvalue weighted by Gasteiger charge is -2.27. The number of nitrogens with one attached hydrogen (secondary N) is 2. The monoisotopic (exact) mass is 530 g/mol. The van der Waals surface area contributed by atoms with E-state index in [0.29, 0.717) is 43.3 Å². The van der Waals surface area contributed by atoms with Gasteiger partial charge in [-0.2, -0.15) is 0 Å². The summed E-state index contributed by atoms with van der Waals surface area (Å²) in [6.07, 6.45) is 5.70. The van der Waals surface area contributed by atoms with Crippen molar-refractivity contribution < 1.29 is 22.3 Å².